The predicted octanol–water partition coefficient (Wildman–Crippen LogP) is 0.718. The summed E-state index contributed by atoms with van der Waals surface area (Å²) < 4.78 is 38.3. The Morgan fingerprint density at radius 1 is 1.19 bits per heavy atom. The van der Waals surface area contributed by atoms with Crippen LogP contribution < -0.4 is 5.32 Å². The average Bonchev–Trinajstić information content (AvgIpc) is 2.24. The van der Waals surface area contributed by atoms with Gasteiger partial charge in [-0.2, -0.15) is 0 Å². The van der Waals surface area contributed by atoms with Crippen molar-refractivity contribution in [3.05, 3.63) is 35.1 Å². The van der Waals surface area contributed by atoms with Crippen molar-refractivity contribution in [3.63, 3.8) is 0 Å². The Morgan fingerprint density at radius 2 is 1.69 bits per heavy atom. The number of rotatable bonds is 4. The molecule has 0 spiro atoms. The van der Waals surface area contributed by atoms with Crippen LogP contribution in [0.5, 0.6) is 0 Å². The van der Waals surface area contributed by atoms with Gasteiger partial charge in [0.1, 0.15) is 6.10 Å². The third kappa shape index (κ3) is 2.72. The van der Waals surface area contributed by atoms with Crippen LogP contribution in [-0.4, -0.2) is 29.9 Å². The molecule has 1 aromatic carbocycles. The van der Waals surface area contributed by atoms with Crippen LogP contribution in [0.25, 0.3) is 0 Å². The fourth-order valence-corrected chi connectivity index (χ4v) is 1.29. The van der Waals surface area contributed by atoms with Gasteiger partial charge >= 0.3 is 0 Å². The number of hydrogen-bond donors (Lipinski definition) is 3. The van der Waals surface area contributed by atoms with Crippen molar-refractivity contribution in [2.45, 2.75) is 12.2 Å². The highest BCUT2D eigenvalue weighted by Crippen LogP contribution is 2.21. The van der Waals surface area contributed by atoms with E-state index in [9.17, 15) is 23.4 Å². The van der Waals surface area contributed by atoms with Crippen molar-refractivity contribution in [1.82, 2.24) is 5.32 Å². The maximum atomic E-state index is 12.8. The molecule has 3 N–H and O–H groups in total. The summed E-state index contributed by atoms with van der Waals surface area (Å²) in [5.41, 5.74) is -0.209. The Labute approximate surface area is 90.5 Å². The molecule has 0 aromatic heterocycles. The van der Waals surface area contributed by atoms with Crippen LogP contribution in [0.2, 0.25) is 0 Å². The number of benzene rings is 1. The predicted molar refractivity (Wildman–Crippen MR) is 51.2 cm³/mol. The molecule has 0 radical (unpaired) electrons. The summed E-state index contributed by atoms with van der Waals surface area (Å²) in [6.07, 6.45) is -2.70. The van der Waals surface area contributed by atoms with E-state index >= 15 is 0 Å². The molecule has 6 heteroatoms. The molecular weight excluding hydrogens is 223 g/mol. The monoisotopic (exact) mass is 235 g/mol. The van der Waals surface area contributed by atoms with E-state index in [2.05, 4.69) is 5.32 Å². The molecule has 2 unspecified atom stereocenters. The van der Waals surface area contributed by atoms with Gasteiger partial charge in [0.05, 0.1) is 6.10 Å². The molecular formula is C10H12F3NO2. The Hall–Kier alpha value is -1.11. The molecule has 1 rings (SSSR count). The first-order valence-corrected chi connectivity index (χ1v) is 4.62. The Balaban J connectivity index is 2.96. The number of halogens is 3. The van der Waals surface area contributed by atoms with E-state index in [0.29, 0.717) is 12.1 Å². The highest BCUT2D eigenvalue weighted by molar-refractivity contribution is 5.22. The van der Waals surface area contributed by atoms with E-state index in [-0.39, 0.29) is 12.1 Å². The van der Waals surface area contributed by atoms with Gasteiger partial charge in [-0.3, -0.25) is 0 Å². The van der Waals surface area contributed by atoms with Gasteiger partial charge < -0.3 is 15.5 Å². The van der Waals surface area contributed by atoms with Gasteiger partial charge in [-0.15, -0.1) is 0 Å². The second-order valence-corrected chi connectivity index (χ2v) is 3.37. The molecule has 2 atom stereocenters. The lowest BCUT2D eigenvalue weighted by molar-refractivity contribution is 0.0198. The minimum atomic E-state index is -1.60. The van der Waals surface area contributed by atoms with Crippen molar-refractivity contribution in [2.24, 2.45) is 0 Å². The largest absolute Gasteiger partial charge is 0.389 e. The van der Waals surface area contributed by atoms with Gasteiger partial charge in [-0.25, -0.2) is 13.2 Å². The van der Waals surface area contributed by atoms with Gasteiger partial charge in [0.25, 0.3) is 0 Å². The van der Waals surface area contributed by atoms with Crippen molar-refractivity contribution in [3.8, 4) is 0 Å². The fourth-order valence-electron chi connectivity index (χ4n) is 1.29. The second-order valence-electron chi connectivity index (χ2n) is 3.37. The highest BCUT2D eigenvalue weighted by atomic mass is 19.2. The van der Waals surface area contributed by atoms with Crippen LogP contribution >= 0.6 is 0 Å². The molecule has 0 aliphatic rings. The first-order chi connectivity index (χ1) is 7.47. The fraction of sp³-hybridized carbons (Fsp3) is 0.400. The lowest BCUT2D eigenvalue weighted by Gasteiger charge is -2.18. The highest BCUT2D eigenvalue weighted by Gasteiger charge is 2.21. The molecule has 1 aromatic rings. The normalized spacial score (nSPS) is 14.9. The van der Waals surface area contributed by atoms with Crippen molar-refractivity contribution < 1.29 is 23.4 Å². The van der Waals surface area contributed by atoms with Crippen LogP contribution in [0.15, 0.2) is 12.1 Å². The third-order valence-electron chi connectivity index (χ3n) is 2.13. The summed E-state index contributed by atoms with van der Waals surface area (Å²) in [6, 6.07) is 1.31. The minimum Gasteiger partial charge on any atom is -0.389 e. The molecule has 90 valence electrons. The Kier molecular flexibility index (Phi) is 4.28. The number of likely N-dealkylation sites (N-methyl/N-ethyl adjacent to an activating group) is 1. The van der Waals surface area contributed by atoms with Crippen LogP contribution in [0.1, 0.15) is 11.7 Å². The van der Waals surface area contributed by atoms with Crippen LogP contribution in [-0.2, 0) is 0 Å². The molecule has 0 amide bonds. The zero-order valence-corrected chi connectivity index (χ0v) is 8.54. The summed E-state index contributed by atoms with van der Waals surface area (Å²) in [4.78, 5) is 0. The van der Waals surface area contributed by atoms with Crippen molar-refractivity contribution in [2.75, 3.05) is 13.6 Å². The van der Waals surface area contributed by atoms with E-state index in [0.717, 1.165) is 0 Å². The summed E-state index contributed by atoms with van der Waals surface area (Å²) in [5, 5.41) is 21.5. The lowest BCUT2D eigenvalue weighted by Crippen LogP contribution is -2.29. The smallest absolute Gasteiger partial charge is 0.194 e. The SMILES string of the molecule is CNCC(O)C(O)c1cc(F)c(F)c(F)c1. The molecule has 0 aliphatic heterocycles. The standard InChI is InChI=1S/C10H12F3NO2/c1-14-4-8(15)10(16)5-2-6(11)9(13)7(12)3-5/h2-3,8,10,14-16H,4H2,1H3. The van der Waals surface area contributed by atoms with Crippen LogP contribution in [0.4, 0.5) is 13.2 Å². The number of aliphatic hydroxyl groups is 2. The quantitative estimate of drug-likeness (QED) is 0.674. The second kappa shape index (κ2) is 5.29. The number of nitrogens with one attached hydrogen (secondary N) is 1. The molecule has 0 saturated carbocycles. The summed E-state index contributed by atoms with van der Waals surface area (Å²) in [6.45, 7) is 0.0434. The molecule has 0 heterocycles. The molecule has 0 saturated heterocycles. The molecule has 0 aliphatic carbocycles. The molecule has 16 heavy (non-hydrogen) atoms. The zero-order chi connectivity index (χ0) is 12.3. The van der Waals surface area contributed by atoms with Crippen LogP contribution in [0, 0.1) is 17.5 Å². The lowest BCUT2D eigenvalue weighted by atomic mass is 10.0. The molecule has 3 nitrogen and oxygen atoms in total. The van der Waals surface area contributed by atoms with E-state index in [1.807, 2.05) is 0 Å². The van der Waals surface area contributed by atoms with Crippen LogP contribution in [0.3, 0.4) is 0 Å². The van der Waals surface area contributed by atoms with Gasteiger partial charge in [0, 0.05) is 6.54 Å². The molecule has 0 bridgehead atoms. The van der Waals surface area contributed by atoms with Gasteiger partial charge in [0.2, 0.25) is 0 Å². The maximum Gasteiger partial charge on any atom is 0.194 e. The first-order valence-electron chi connectivity index (χ1n) is 4.62. The number of hydrogen-bond acceptors (Lipinski definition) is 3. The van der Waals surface area contributed by atoms with E-state index in [4.69, 9.17) is 0 Å². The van der Waals surface area contributed by atoms with Crippen molar-refractivity contribution >= 4 is 0 Å². The van der Waals surface area contributed by atoms with E-state index in [1.54, 1.807) is 7.05 Å². The summed E-state index contributed by atoms with van der Waals surface area (Å²) in [7, 11) is 1.54. The summed E-state index contributed by atoms with van der Waals surface area (Å²) >= 11 is 0. The minimum absolute atomic E-state index is 0.0434. The average molecular weight is 235 g/mol. The summed E-state index contributed by atoms with van der Waals surface area (Å²) in [5.74, 6) is -4.39. The van der Waals surface area contributed by atoms with Gasteiger partial charge in [-0.1, -0.05) is 0 Å². The zero-order valence-electron chi connectivity index (χ0n) is 8.54. The Bertz CT molecular complexity index is 350. The van der Waals surface area contributed by atoms with E-state index in [1.165, 1.54) is 0 Å². The maximum absolute atomic E-state index is 12.8. The first kappa shape index (κ1) is 13.0. The van der Waals surface area contributed by atoms with Crippen molar-refractivity contribution in [1.29, 1.82) is 0 Å². The Morgan fingerprint density at radius 3 is 2.12 bits per heavy atom. The molecule has 0 fully saturated rings. The topological polar surface area (TPSA) is 52.5 Å². The van der Waals surface area contributed by atoms with E-state index < -0.39 is 29.7 Å². The van der Waals surface area contributed by atoms with Gasteiger partial charge in [-0.05, 0) is 24.7 Å². The van der Waals surface area contributed by atoms with Gasteiger partial charge in [0.15, 0.2) is 17.5 Å². The third-order valence-corrected chi connectivity index (χ3v) is 2.13. The number of aliphatic hydroxyl groups excluding tert-OH is 2.